The lowest BCUT2D eigenvalue weighted by Crippen LogP contribution is -2.42. The summed E-state index contributed by atoms with van der Waals surface area (Å²) in [4.78, 5) is -0.227. The van der Waals surface area contributed by atoms with Gasteiger partial charge in [-0.15, -0.1) is 0 Å². The molecule has 6 heteroatoms. The van der Waals surface area contributed by atoms with Gasteiger partial charge in [-0.25, -0.2) is 4.39 Å². The molecule has 25 heavy (non-hydrogen) atoms. The van der Waals surface area contributed by atoms with Gasteiger partial charge in [-0.3, -0.25) is 0 Å². The van der Waals surface area contributed by atoms with Gasteiger partial charge in [0, 0.05) is 17.9 Å². The first-order chi connectivity index (χ1) is 11.8. The lowest BCUT2D eigenvalue weighted by molar-refractivity contribution is -0.303. The molecular formula is C19H30BrF3O2. The minimum atomic E-state index is -3.14. The fraction of sp³-hybridized carbons (Fsp3) is 1.00. The normalized spacial score (nSPS) is 43.8. The van der Waals surface area contributed by atoms with Gasteiger partial charge in [0.15, 0.2) is 0 Å². The van der Waals surface area contributed by atoms with E-state index in [1.165, 1.54) is 6.42 Å². The van der Waals surface area contributed by atoms with E-state index in [1.807, 2.05) is 0 Å². The summed E-state index contributed by atoms with van der Waals surface area (Å²) < 4.78 is 53.9. The summed E-state index contributed by atoms with van der Waals surface area (Å²) in [5.41, 5.74) is 0. The van der Waals surface area contributed by atoms with Crippen molar-refractivity contribution in [2.24, 2.45) is 17.8 Å². The summed E-state index contributed by atoms with van der Waals surface area (Å²) in [6.45, 7) is 2.99. The molecule has 0 aromatic rings. The number of hydrogen-bond acceptors (Lipinski definition) is 2. The van der Waals surface area contributed by atoms with Crippen LogP contribution < -0.4 is 0 Å². The third kappa shape index (κ3) is 5.13. The molecule has 3 aliphatic rings. The number of alkyl halides is 4. The van der Waals surface area contributed by atoms with Gasteiger partial charge in [0.1, 0.15) is 6.17 Å². The second-order valence-electron chi connectivity index (χ2n) is 8.31. The van der Waals surface area contributed by atoms with E-state index in [9.17, 15) is 13.2 Å². The molecule has 0 amide bonds. The molecule has 2 nitrogen and oxygen atoms in total. The first-order valence-electron chi connectivity index (χ1n) is 9.80. The van der Waals surface area contributed by atoms with Crippen LogP contribution in [0.2, 0.25) is 0 Å². The van der Waals surface area contributed by atoms with Crippen molar-refractivity contribution in [3.63, 3.8) is 0 Å². The van der Waals surface area contributed by atoms with Gasteiger partial charge >= 0.3 is 6.11 Å². The first-order valence-corrected chi connectivity index (χ1v) is 10.7. The Bertz CT molecular complexity index is 421. The van der Waals surface area contributed by atoms with Crippen molar-refractivity contribution in [2.75, 3.05) is 6.61 Å². The summed E-state index contributed by atoms with van der Waals surface area (Å²) in [6, 6.07) is 0. The fourth-order valence-electron chi connectivity index (χ4n) is 4.57. The molecule has 1 heterocycles. The van der Waals surface area contributed by atoms with E-state index in [2.05, 4.69) is 22.9 Å². The Hall–Kier alpha value is 0.190. The summed E-state index contributed by atoms with van der Waals surface area (Å²) in [5.74, 6) is 0.267. The van der Waals surface area contributed by atoms with Crippen LogP contribution in [-0.4, -0.2) is 35.9 Å². The molecule has 0 bridgehead atoms. The zero-order valence-electron chi connectivity index (χ0n) is 14.9. The highest BCUT2D eigenvalue weighted by atomic mass is 79.9. The summed E-state index contributed by atoms with van der Waals surface area (Å²) in [5, 5.41) is 0. The molecule has 3 rings (SSSR count). The molecule has 3 fully saturated rings. The fourth-order valence-corrected chi connectivity index (χ4v) is 5.05. The quantitative estimate of drug-likeness (QED) is 0.523. The summed E-state index contributed by atoms with van der Waals surface area (Å²) >= 11 is 3.26. The standard InChI is InChI=1S/C19H30BrF3O2/c1-12-2-9-18(24-11-12)13-3-5-14(6-4-13)19(22,23)25-15-7-8-16(20)17(21)10-15/h12-18H,2-11H2,1H3. The molecule has 0 aromatic carbocycles. The van der Waals surface area contributed by atoms with E-state index in [4.69, 9.17) is 9.47 Å². The number of rotatable bonds is 4. The minimum absolute atomic E-state index is 0.0644. The Morgan fingerprint density at radius 3 is 2.32 bits per heavy atom. The number of ether oxygens (including phenoxy) is 2. The van der Waals surface area contributed by atoms with Crippen LogP contribution in [-0.2, 0) is 9.47 Å². The molecular weight excluding hydrogens is 397 g/mol. The third-order valence-corrected chi connectivity index (χ3v) is 7.31. The largest absolute Gasteiger partial charge is 0.378 e. The Kier molecular flexibility index (Phi) is 6.76. The Morgan fingerprint density at radius 2 is 1.72 bits per heavy atom. The maximum atomic E-state index is 14.6. The monoisotopic (exact) mass is 426 g/mol. The maximum absolute atomic E-state index is 14.6. The van der Waals surface area contributed by atoms with E-state index in [-0.39, 0.29) is 17.4 Å². The molecule has 146 valence electrons. The van der Waals surface area contributed by atoms with Crippen molar-refractivity contribution in [2.45, 2.75) is 94.0 Å². The van der Waals surface area contributed by atoms with E-state index < -0.39 is 24.3 Å². The Morgan fingerprint density at radius 1 is 1.00 bits per heavy atom. The molecule has 2 aliphatic carbocycles. The van der Waals surface area contributed by atoms with Crippen LogP contribution >= 0.6 is 15.9 Å². The number of halogens is 4. The topological polar surface area (TPSA) is 18.5 Å². The van der Waals surface area contributed by atoms with Crippen LogP contribution in [0.4, 0.5) is 13.2 Å². The molecule has 0 aromatic heterocycles. The van der Waals surface area contributed by atoms with E-state index in [0.717, 1.165) is 25.9 Å². The van der Waals surface area contributed by atoms with Crippen molar-refractivity contribution >= 4 is 15.9 Å². The highest BCUT2D eigenvalue weighted by Gasteiger charge is 2.46. The van der Waals surface area contributed by atoms with Crippen LogP contribution in [0.15, 0.2) is 0 Å². The highest BCUT2D eigenvalue weighted by molar-refractivity contribution is 9.09. The van der Waals surface area contributed by atoms with Gasteiger partial charge < -0.3 is 9.47 Å². The van der Waals surface area contributed by atoms with Crippen LogP contribution in [0.5, 0.6) is 0 Å². The number of hydrogen-bond donors (Lipinski definition) is 0. The average molecular weight is 427 g/mol. The average Bonchev–Trinajstić information content (AvgIpc) is 2.59. The molecule has 0 radical (unpaired) electrons. The SMILES string of the molecule is CC1CCC(C2CCC(C(F)(F)OC3CCC(Br)C(F)C3)CC2)OC1. The van der Waals surface area contributed by atoms with Gasteiger partial charge in [-0.1, -0.05) is 22.9 Å². The van der Waals surface area contributed by atoms with Crippen LogP contribution in [0.1, 0.15) is 64.7 Å². The smallest absolute Gasteiger partial charge is 0.358 e. The van der Waals surface area contributed by atoms with Gasteiger partial charge in [0.05, 0.1) is 18.1 Å². The van der Waals surface area contributed by atoms with Crippen molar-refractivity contribution in [3.8, 4) is 0 Å². The van der Waals surface area contributed by atoms with Gasteiger partial charge in [-0.2, -0.15) is 8.78 Å². The summed E-state index contributed by atoms with van der Waals surface area (Å²) in [6.07, 6.45) is 1.17. The van der Waals surface area contributed by atoms with E-state index >= 15 is 0 Å². The lowest BCUT2D eigenvalue weighted by Gasteiger charge is -2.40. The molecule has 0 spiro atoms. The van der Waals surface area contributed by atoms with Crippen molar-refractivity contribution < 1.29 is 22.6 Å². The zero-order valence-corrected chi connectivity index (χ0v) is 16.5. The van der Waals surface area contributed by atoms with E-state index in [1.54, 1.807) is 0 Å². The van der Waals surface area contributed by atoms with Crippen molar-refractivity contribution in [3.05, 3.63) is 0 Å². The van der Waals surface area contributed by atoms with E-state index in [0.29, 0.717) is 37.5 Å². The lowest BCUT2D eigenvalue weighted by atomic mass is 9.77. The molecule has 1 aliphatic heterocycles. The second-order valence-corrected chi connectivity index (χ2v) is 9.49. The molecule has 2 saturated carbocycles. The predicted octanol–water partition coefficient (Wildman–Crippen LogP) is 5.87. The molecule has 5 unspecified atom stereocenters. The molecule has 5 atom stereocenters. The summed E-state index contributed by atoms with van der Waals surface area (Å²) in [7, 11) is 0. The van der Waals surface area contributed by atoms with Crippen LogP contribution in [0.3, 0.4) is 0 Å². The predicted molar refractivity (Wildman–Crippen MR) is 94.9 cm³/mol. The Labute approximate surface area is 157 Å². The second kappa shape index (κ2) is 8.47. The molecule has 0 N–H and O–H groups in total. The highest BCUT2D eigenvalue weighted by Crippen LogP contribution is 2.44. The third-order valence-electron chi connectivity index (χ3n) is 6.28. The van der Waals surface area contributed by atoms with Crippen molar-refractivity contribution in [1.82, 2.24) is 0 Å². The minimum Gasteiger partial charge on any atom is -0.378 e. The maximum Gasteiger partial charge on any atom is 0.358 e. The van der Waals surface area contributed by atoms with Gasteiger partial charge in [0.25, 0.3) is 0 Å². The van der Waals surface area contributed by atoms with Gasteiger partial charge in [0.2, 0.25) is 0 Å². The van der Waals surface area contributed by atoms with Crippen molar-refractivity contribution in [1.29, 1.82) is 0 Å². The zero-order chi connectivity index (χ0) is 18.0. The Balaban J connectivity index is 1.46. The molecule has 1 saturated heterocycles. The van der Waals surface area contributed by atoms with Crippen LogP contribution in [0.25, 0.3) is 0 Å². The first kappa shape index (κ1) is 19.9. The van der Waals surface area contributed by atoms with Crippen LogP contribution in [0, 0.1) is 17.8 Å². The van der Waals surface area contributed by atoms with Gasteiger partial charge in [-0.05, 0) is 63.2 Å².